The van der Waals surface area contributed by atoms with Crippen LogP contribution in [0.5, 0.6) is 0 Å². The van der Waals surface area contributed by atoms with Gasteiger partial charge in [0.15, 0.2) is 17.5 Å². The third-order valence-corrected chi connectivity index (χ3v) is 3.53. The summed E-state index contributed by atoms with van der Waals surface area (Å²) in [7, 11) is 1.61. The van der Waals surface area contributed by atoms with Crippen LogP contribution in [0.4, 0.5) is 13.2 Å². The summed E-state index contributed by atoms with van der Waals surface area (Å²) in [5.41, 5.74) is 1.10. The maximum absolute atomic E-state index is 13.3. The Morgan fingerprint density at radius 1 is 0.960 bits per heavy atom. The van der Waals surface area contributed by atoms with Gasteiger partial charge in [0.25, 0.3) is 5.91 Å². The maximum atomic E-state index is 13.3. The van der Waals surface area contributed by atoms with Gasteiger partial charge in [-0.1, -0.05) is 12.1 Å². The van der Waals surface area contributed by atoms with E-state index in [1.165, 1.54) is 0 Å². The van der Waals surface area contributed by atoms with Crippen molar-refractivity contribution < 1.29 is 22.7 Å². The first-order chi connectivity index (χ1) is 12.0. The van der Waals surface area contributed by atoms with E-state index in [1.54, 1.807) is 31.4 Å². The fraction of sp³-hybridized carbons (Fsp3) is 0.278. The lowest BCUT2D eigenvalue weighted by Crippen LogP contribution is -2.33. The summed E-state index contributed by atoms with van der Waals surface area (Å²) < 4.78 is 44.5. The Balaban J connectivity index is 1.94. The fourth-order valence-corrected chi connectivity index (χ4v) is 2.20. The van der Waals surface area contributed by atoms with Gasteiger partial charge in [-0.15, -0.1) is 0 Å². The summed E-state index contributed by atoms with van der Waals surface area (Å²) in [4.78, 5) is 12.0. The van der Waals surface area contributed by atoms with Gasteiger partial charge in [0.1, 0.15) is 0 Å². The quantitative estimate of drug-likeness (QED) is 0.567. The molecule has 1 amide bonds. The van der Waals surface area contributed by atoms with Gasteiger partial charge in [0.2, 0.25) is 0 Å². The van der Waals surface area contributed by atoms with Gasteiger partial charge in [-0.25, -0.2) is 13.2 Å². The van der Waals surface area contributed by atoms with E-state index in [2.05, 4.69) is 10.6 Å². The molecule has 2 aromatic rings. The van der Waals surface area contributed by atoms with E-state index < -0.39 is 17.5 Å². The number of methoxy groups -OCH3 is 1. The number of halogens is 3. The average molecular weight is 352 g/mol. The predicted octanol–water partition coefficient (Wildman–Crippen LogP) is 2.74. The maximum Gasteiger partial charge on any atom is 0.251 e. The highest BCUT2D eigenvalue weighted by molar-refractivity contribution is 5.94. The van der Waals surface area contributed by atoms with E-state index in [-0.39, 0.29) is 11.5 Å². The standard InChI is InChI=1S/C18H19F3N2O2/c1-25-9-8-22-6-7-23-18(24)13-4-2-12(3-5-13)14-10-15(19)17(21)16(20)11-14/h2-5,10-11,22H,6-9H2,1H3,(H,23,24). The second kappa shape index (κ2) is 9.19. The van der Waals surface area contributed by atoms with Crippen molar-refractivity contribution in [1.82, 2.24) is 10.6 Å². The largest absolute Gasteiger partial charge is 0.383 e. The van der Waals surface area contributed by atoms with Crippen LogP contribution in [0.2, 0.25) is 0 Å². The van der Waals surface area contributed by atoms with Gasteiger partial charge < -0.3 is 15.4 Å². The molecule has 25 heavy (non-hydrogen) atoms. The summed E-state index contributed by atoms with van der Waals surface area (Å²) in [6.07, 6.45) is 0. The number of carbonyl (C=O) groups excluding carboxylic acids is 1. The van der Waals surface area contributed by atoms with Gasteiger partial charge in [-0.05, 0) is 35.4 Å². The van der Waals surface area contributed by atoms with E-state index in [0.29, 0.717) is 37.4 Å². The lowest BCUT2D eigenvalue weighted by molar-refractivity contribution is 0.0953. The smallest absolute Gasteiger partial charge is 0.251 e. The number of nitrogens with one attached hydrogen (secondary N) is 2. The lowest BCUT2D eigenvalue weighted by Gasteiger charge is -2.08. The Bertz CT molecular complexity index is 698. The molecule has 0 saturated carbocycles. The molecule has 4 nitrogen and oxygen atoms in total. The number of benzene rings is 2. The number of ether oxygens (including phenoxy) is 1. The van der Waals surface area contributed by atoms with Gasteiger partial charge in [0, 0.05) is 32.3 Å². The first-order valence-corrected chi connectivity index (χ1v) is 7.75. The minimum Gasteiger partial charge on any atom is -0.383 e. The number of rotatable bonds is 8. The minimum absolute atomic E-state index is 0.200. The lowest BCUT2D eigenvalue weighted by atomic mass is 10.0. The van der Waals surface area contributed by atoms with Crippen molar-refractivity contribution in [2.45, 2.75) is 0 Å². The Morgan fingerprint density at radius 2 is 1.60 bits per heavy atom. The first kappa shape index (κ1) is 19.0. The molecular formula is C18H19F3N2O2. The molecule has 2 rings (SSSR count). The first-order valence-electron chi connectivity index (χ1n) is 7.75. The Labute approximate surface area is 144 Å². The van der Waals surface area contributed by atoms with Crippen molar-refractivity contribution in [2.24, 2.45) is 0 Å². The van der Waals surface area contributed by atoms with Crippen molar-refractivity contribution in [3.05, 3.63) is 59.4 Å². The van der Waals surface area contributed by atoms with Crippen LogP contribution < -0.4 is 10.6 Å². The van der Waals surface area contributed by atoms with Gasteiger partial charge in [-0.2, -0.15) is 0 Å². The van der Waals surface area contributed by atoms with Crippen molar-refractivity contribution in [3.8, 4) is 11.1 Å². The molecule has 0 unspecified atom stereocenters. The van der Waals surface area contributed by atoms with Crippen molar-refractivity contribution >= 4 is 5.91 Å². The van der Waals surface area contributed by atoms with E-state index in [0.717, 1.165) is 12.1 Å². The van der Waals surface area contributed by atoms with Crippen LogP contribution in [-0.4, -0.2) is 39.3 Å². The molecular weight excluding hydrogens is 333 g/mol. The Morgan fingerprint density at radius 3 is 2.20 bits per heavy atom. The Kier molecular flexibility index (Phi) is 6.97. The zero-order valence-corrected chi connectivity index (χ0v) is 13.7. The molecule has 2 N–H and O–H groups in total. The average Bonchev–Trinajstić information content (AvgIpc) is 2.62. The highest BCUT2D eigenvalue weighted by Gasteiger charge is 2.12. The molecule has 0 aromatic heterocycles. The SMILES string of the molecule is COCCNCCNC(=O)c1ccc(-c2cc(F)c(F)c(F)c2)cc1. The summed E-state index contributed by atoms with van der Waals surface area (Å²) in [6, 6.07) is 8.03. The third-order valence-electron chi connectivity index (χ3n) is 3.53. The summed E-state index contributed by atoms with van der Waals surface area (Å²) in [6.45, 7) is 2.37. The Hall–Kier alpha value is -2.38. The number of amides is 1. The molecule has 134 valence electrons. The van der Waals surface area contributed by atoms with Crippen molar-refractivity contribution in [3.63, 3.8) is 0 Å². The molecule has 0 heterocycles. The topological polar surface area (TPSA) is 50.4 Å². The molecule has 0 radical (unpaired) electrons. The van der Waals surface area contributed by atoms with E-state index >= 15 is 0 Å². The van der Waals surface area contributed by atoms with Gasteiger partial charge >= 0.3 is 0 Å². The monoisotopic (exact) mass is 352 g/mol. The zero-order chi connectivity index (χ0) is 18.2. The molecule has 0 atom stereocenters. The molecule has 0 aliphatic heterocycles. The third kappa shape index (κ3) is 5.30. The molecule has 0 aliphatic rings. The second-order valence-electron chi connectivity index (χ2n) is 5.33. The molecule has 0 saturated heterocycles. The van der Waals surface area contributed by atoms with Crippen molar-refractivity contribution in [2.75, 3.05) is 33.4 Å². The van der Waals surface area contributed by atoms with E-state index in [9.17, 15) is 18.0 Å². The minimum atomic E-state index is -1.50. The van der Waals surface area contributed by atoms with E-state index in [4.69, 9.17) is 4.74 Å². The molecule has 0 fully saturated rings. The van der Waals surface area contributed by atoms with Crippen LogP contribution in [-0.2, 0) is 4.74 Å². The van der Waals surface area contributed by atoms with Gasteiger partial charge in [0.05, 0.1) is 6.61 Å². The zero-order valence-electron chi connectivity index (χ0n) is 13.7. The molecule has 0 aliphatic carbocycles. The van der Waals surface area contributed by atoms with Crippen LogP contribution in [0.15, 0.2) is 36.4 Å². The molecule has 2 aromatic carbocycles. The van der Waals surface area contributed by atoms with E-state index in [1.807, 2.05) is 0 Å². The number of carbonyl (C=O) groups is 1. The van der Waals surface area contributed by atoms with Crippen LogP contribution in [0.25, 0.3) is 11.1 Å². The number of hydrogen-bond donors (Lipinski definition) is 2. The van der Waals surface area contributed by atoms with Crippen LogP contribution in [0.1, 0.15) is 10.4 Å². The highest BCUT2D eigenvalue weighted by Crippen LogP contribution is 2.24. The van der Waals surface area contributed by atoms with Crippen LogP contribution >= 0.6 is 0 Å². The predicted molar refractivity (Wildman–Crippen MR) is 88.8 cm³/mol. The normalized spacial score (nSPS) is 10.7. The van der Waals surface area contributed by atoms with Crippen LogP contribution in [0.3, 0.4) is 0 Å². The van der Waals surface area contributed by atoms with Crippen LogP contribution in [0, 0.1) is 17.5 Å². The fourth-order valence-electron chi connectivity index (χ4n) is 2.20. The second-order valence-corrected chi connectivity index (χ2v) is 5.33. The highest BCUT2D eigenvalue weighted by atomic mass is 19.2. The van der Waals surface area contributed by atoms with Gasteiger partial charge in [-0.3, -0.25) is 4.79 Å². The molecule has 0 bridgehead atoms. The summed E-state index contributed by atoms with van der Waals surface area (Å²) in [5, 5.41) is 5.85. The van der Waals surface area contributed by atoms with Crippen molar-refractivity contribution in [1.29, 1.82) is 0 Å². The molecule has 0 spiro atoms. The molecule has 7 heteroatoms. The summed E-state index contributed by atoms with van der Waals surface area (Å²) >= 11 is 0. The number of hydrogen-bond acceptors (Lipinski definition) is 3. The summed E-state index contributed by atoms with van der Waals surface area (Å²) in [5.74, 6) is -4.26.